The van der Waals surface area contributed by atoms with Gasteiger partial charge in [0.2, 0.25) is 0 Å². The Balaban J connectivity index is 0.000000121. The monoisotopic (exact) mass is 1370 g/mol. The molecule has 15 aromatic carbocycles. The first-order valence-corrected chi connectivity index (χ1v) is 36.9. The molecule has 0 N–H and O–H groups in total. The lowest BCUT2D eigenvalue weighted by Crippen LogP contribution is -2.41. The molecule has 0 spiro atoms. The molecule has 516 valence electrons. The largest absolute Gasteiger partial charge is 0.494 e. The minimum Gasteiger partial charge on any atom is -0.399 e. The molecular weight excluding hydrogens is 1280 g/mol. The van der Waals surface area contributed by atoms with Gasteiger partial charge in [0.15, 0.2) is 0 Å². The highest BCUT2D eigenvalue weighted by molar-refractivity contribution is 6.63. The van der Waals surface area contributed by atoms with E-state index in [1.807, 2.05) is 0 Å². The van der Waals surface area contributed by atoms with Crippen molar-refractivity contribution in [3.63, 3.8) is 0 Å². The summed E-state index contributed by atoms with van der Waals surface area (Å²) >= 11 is 0. The second-order valence-corrected chi connectivity index (χ2v) is 31.5. The van der Waals surface area contributed by atoms with Gasteiger partial charge in [0.25, 0.3) is 0 Å². The fourth-order valence-electron chi connectivity index (χ4n) is 14.9. The Morgan fingerprint density at radius 3 is 0.800 bits per heavy atom. The van der Waals surface area contributed by atoms with Gasteiger partial charge in [-0.25, -0.2) is 0 Å². The highest BCUT2D eigenvalue weighted by Crippen LogP contribution is 2.43. The molecule has 0 saturated carbocycles. The predicted octanol–water partition coefficient (Wildman–Crippen LogP) is 22.9. The summed E-state index contributed by atoms with van der Waals surface area (Å²) in [7, 11) is -1.04. The van der Waals surface area contributed by atoms with Crippen molar-refractivity contribution < 1.29 is 27.9 Å². The fourth-order valence-corrected chi connectivity index (χ4v) is 14.9. The molecule has 3 fully saturated rings. The maximum absolute atomic E-state index is 6.27. The van der Waals surface area contributed by atoms with Gasteiger partial charge in [-0.15, -0.1) is 0 Å². The van der Waals surface area contributed by atoms with Crippen LogP contribution in [0.5, 0.6) is 0 Å². The molecule has 105 heavy (non-hydrogen) atoms. The second kappa shape index (κ2) is 27.1. The Hall–Kier alpha value is -10.2. The SMILES string of the molecule is CC1(C)OB(c2ccc3cc(-c4ccc(-c5ccccc5)c5ccccc45)ccc3c2)OC1(C)C.CC1(C)OB(c2ccc3cc(-c4cccc5c(-c6ccccc6)cccc45)ccc3c2)OC1(C)C.CC1(C)OB(c2ccc3cc(-c4cccc5cc(-c6ccccc6)ccc45)ccc3c2)OC1(C)C. The van der Waals surface area contributed by atoms with Crippen molar-refractivity contribution in [1.29, 1.82) is 0 Å². The summed E-state index contributed by atoms with van der Waals surface area (Å²) in [5.41, 5.74) is 16.0. The van der Waals surface area contributed by atoms with Crippen LogP contribution < -0.4 is 16.4 Å². The van der Waals surface area contributed by atoms with E-state index < -0.39 is 0 Å². The molecule has 15 aromatic rings. The van der Waals surface area contributed by atoms with Crippen LogP contribution in [0.4, 0.5) is 0 Å². The minimum absolute atomic E-state index is 0.342. The summed E-state index contributed by atoms with van der Waals surface area (Å²) < 4.78 is 37.6. The van der Waals surface area contributed by atoms with E-state index in [4.69, 9.17) is 27.9 Å². The molecule has 18 rings (SSSR count). The Morgan fingerprint density at radius 1 is 0.171 bits per heavy atom. The predicted molar refractivity (Wildman–Crippen MR) is 444 cm³/mol. The van der Waals surface area contributed by atoms with Gasteiger partial charge in [-0.1, -0.05) is 285 Å². The van der Waals surface area contributed by atoms with Crippen molar-refractivity contribution in [3.05, 3.63) is 309 Å². The summed E-state index contributed by atoms with van der Waals surface area (Å²) in [6, 6.07) is 111. The minimum atomic E-state index is -0.349. The van der Waals surface area contributed by atoms with Crippen LogP contribution in [0.3, 0.4) is 0 Å². The van der Waals surface area contributed by atoms with E-state index in [9.17, 15) is 0 Å². The average molecular weight is 1370 g/mol. The van der Waals surface area contributed by atoms with Crippen LogP contribution in [-0.4, -0.2) is 55.0 Å². The van der Waals surface area contributed by atoms with E-state index in [2.05, 4.69) is 392 Å². The summed E-state index contributed by atoms with van der Waals surface area (Å²) in [5.74, 6) is 0. The Labute approximate surface area is 619 Å². The van der Waals surface area contributed by atoms with Crippen molar-refractivity contribution in [2.75, 3.05) is 0 Å². The number of hydrogen-bond acceptors (Lipinski definition) is 6. The van der Waals surface area contributed by atoms with Crippen LogP contribution in [0, 0.1) is 0 Å². The lowest BCUT2D eigenvalue weighted by atomic mass is 9.78. The maximum atomic E-state index is 6.27. The Morgan fingerprint density at radius 2 is 0.429 bits per heavy atom. The number of benzene rings is 15. The van der Waals surface area contributed by atoms with Gasteiger partial charge in [-0.05, 0) is 255 Å². The second-order valence-electron chi connectivity index (χ2n) is 31.5. The first-order chi connectivity index (χ1) is 50.5. The number of hydrogen-bond donors (Lipinski definition) is 0. The Kier molecular flexibility index (Phi) is 17.8. The lowest BCUT2D eigenvalue weighted by Gasteiger charge is -2.32. The van der Waals surface area contributed by atoms with Gasteiger partial charge in [0.1, 0.15) is 0 Å². The highest BCUT2D eigenvalue weighted by Gasteiger charge is 2.54. The molecule has 3 aliphatic heterocycles. The van der Waals surface area contributed by atoms with Gasteiger partial charge >= 0.3 is 21.4 Å². The van der Waals surface area contributed by atoms with E-state index in [1.165, 1.54) is 131 Å². The van der Waals surface area contributed by atoms with Gasteiger partial charge in [0, 0.05) is 0 Å². The molecule has 6 nitrogen and oxygen atoms in total. The molecule has 0 aliphatic carbocycles. The highest BCUT2D eigenvalue weighted by atomic mass is 16.7. The van der Waals surface area contributed by atoms with Crippen molar-refractivity contribution in [2.45, 2.75) is 117 Å². The van der Waals surface area contributed by atoms with Gasteiger partial charge in [0.05, 0.1) is 33.6 Å². The maximum Gasteiger partial charge on any atom is 0.494 e. The molecule has 0 unspecified atom stereocenters. The molecule has 0 aromatic heterocycles. The van der Waals surface area contributed by atoms with Crippen molar-refractivity contribution >= 4 is 102 Å². The standard InChI is InChI=1S/3C32H29BO2/c1-31(2)32(3,4)35-33(34-31)26-19-18-23-20-25(17-16-24(23)21-26)28-13-9-14-29-27(12-8-15-30(28)29)22-10-6-5-7-11-22;1-31(2)32(3,4)35-33(34-31)26-17-16-23-20-25(15-14-24(23)21-26)28-19-18-27(22-10-6-5-7-11-22)29-12-8-9-13-30(28)29;1-31(2)32(3,4)35-33(34-31)28-17-15-24-20-27(14-13-25(24)21-28)29-12-8-11-26-19-23(16-18-30(26)29)22-9-6-5-7-10-22/h3*5-21H,1-4H3. The van der Waals surface area contributed by atoms with Crippen LogP contribution in [0.2, 0.25) is 0 Å². The zero-order chi connectivity index (χ0) is 72.6. The van der Waals surface area contributed by atoms with Crippen molar-refractivity contribution in [2.24, 2.45) is 0 Å². The van der Waals surface area contributed by atoms with Crippen molar-refractivity contribution in [3.8, 4) is 66.8 Å². The smallest absolute Gasteiger partial charge is 0.399 e. The van der Waals surface area contributed by atoms with Crippen LogP contribution in [0.1, 0.15) is 83.1 Å². The molecular formula is C96H87B3O6. The summed E-state index contributed by atoms with van der Waals surface area (Å²) in [6.45, 7) is 25.1. The molecule has 0 atom stereocenters. The van der Waals surface area contributed by atoms with Crippen LogP contribution >= 0.6 is 0 Å². The average Bonchev–Trinajstić information content (AvgIpc) is 1.73. The van der Waals surface area contributed by atoms with Gasteiger partial charge < -0.3 is 27.9 Å². The zero-order valence-electron chi connectivity index (χ0n) is 62.1. The molecule has 3 saturated heterocycles. The quantitative estimate of drug-likeness (QED) is 0.134. The first kappa shape index (κ1) is 69.2. The first-order valence-electron chi connectivity index (χ1n) is 36.9. The van der Waals surface area contributed by atoms with Crippen molar-refractivity contribution in [1.82, 2.24) is 0 Å². The van der Waals surface area contributed by atoms with Crippen LogP contribution in [0.15, 0.2) is 309 Å². The number of fused-ring (bicyclic) bond motifs is 6. The lowest BCUT2D eigenvalue weighted by molar-refractivity contribution is 0.00578. The third kappa shape index (κ3) is 13.3. The summed E-state index contributed by atoms with van der Waals surface area (Å²) in [5, 5.41) is 14.8. The van der Waals surface area contributed by atoms with Gasteiger partial charge in [-0.2, -0.15) is 0 Å². The van der Waals surface area contributed by atoms with E-state index in [0.29, 0.717) is 0 Å². The van der Waals surface area contributed by atoms with Crippen LogP contribution in [-0.2, 0) is 27.9 Å². The van der Waals surface area contributed by atoms with Crippen LogP contribution in [0.25, 0.3) is 131 Å². The van der Waals surface area contributed by atoms with E-state index >= 15 is 0 Å². The normalized spacial score (nSPS) is 16.7. The Bertz CT molecular complexity index is 5550. The van der Waals surface area contributed by atoms with E-state index in [1.54, 1.807) is 0 Å². The van der Waals surface area contributed by atoms with Gasteiger partial charge in [-0.3, -0.25) is 0 Å². The number of rotatable bonds is 9. The molecule has 0 amide bonds. The van der Waals surface area contributed by atoms with E-state index in [0.717, 1.165) is 16.4 Å². The zero-order valence-corrected chi connectivity index (χ0v) is 62.1. The third-order valence-electron chi connectivity index (χ3n) is 23.1. The summed E-state index contributed by atoms with van der Waals surface area (Å²) in [6.07, 6.45) is 0. The third-order valence-corrected chi connectivity index (χ3v) is 23.1. The molecule has 3 heterocycles. The summed E-state index contributed by atoms with van der Waals surface area (Å²) in [4.78, 5) is 0. The molecule has 3 aliphatic rings. The molecule has 0 radical (unpaired) electrons. The molecule has 0 bridgehead atoms. The topological polar surface area (TPSA) is 55.4 Å². The fraction of sp³-hybridized carbons (Fsp3) is 0.188. The van der Waals surface area contributed by atoms with E-state index in [-0.39, 0.29) is 55.0 Å². The molecule has 9 heteroatoms.